The molecule has 0 aliphatic carbocycles. The van der Waals surface area contributed by atoms with Crippen LogP contribution in [0, 0.1) is 0 Å². The Morgan fingerprint density at radius 3 is 2.65 bits per heavy atom. The highest BCUT2D eigenvalue weighted by Gasteiger charge is 2.12. The number of nitrogens with zero attached hydrogens (tertiary/aromatic N) is 2. The second-order valence-electron chi connectivity index (χ2n) is 5.31. The van der Waals surface area contributed by atoms with Crippen molar-refractivity contribution in [3.8, 4) is 0 Å². The van der Waals surface area contributed by atoms with Gasteiger partial charge in [0.15, 0.2) is 5.69 Å². The van der Waals surface area contributed by atoms with E-state index in [-0.39, 0.29) is 12.5 Å². The molecule has 0 saturated carbocycles. The van der Waals surface area contributed by atoms with Crippen LogP contribution in [0.4, 0.5) is 0 Å². The predicted octanol–water partition coefficient (Wildman–Crippen LogP) is 1.39. The van der Waals surface area contributed by atoms with Crippen LogP contribution in [0.1, 0.15) is 16.2 Å². The number of carbonyl (C=O) groups is 1. The van der Waals surface area contributed by atoms with Crippen LogP contribution in [0.2, 0.25) is 0 Å². The Balaban J connectivity index is 2.29. The third-order valence-corrected chi connectivity index (χ3v) is 4.02. The largest absolute Gasteiger partial charge is 0.464 e. The zero-order chi connectivity index (χ0) is 15.2. The van der Waals surface area contributed by atoms with Crippen LogP contribution in [0.5, 0.6) is 0 Å². The summed E-state index contributed by atoms with van der Waals surface area (Å²) in [5.74, 6) is 0.616. The molecule has 7 heteroatoms. The third kappa shape index (κ3) is 5.94. The Hall–Kier alpha value is -1.05. The Kier molecular flexibility index (Phi) is 6.51. The minimum atomic E-state index is -0.525. The summed E-state index contributed by atoms with van der Waals surface area (Å²) >= 11 is 0. The predicted molar refractivity (Wildman–Crippen MR) is 80.4 cm³/mol. The lowest BCUT2D eigenvalue weighted by Gasteiger charge is -2.24. The van der Waals surface area contributed by atoms with Crippen LogP contribution in [-0.4, -0.2) is 60.8 Å². The zero-order valence-corrected chi connectivity index (χ0v) is 13.7. The van der Waals surface area contributed by atoms with Crippen LogP contribution in [0.25, 0.3) is 0 Å². The van der Waals surface area contributed by atoms with Crippen molar-refractivity contribution in [2.75, 3.05) is 45.0 Å². The number of ether oxygens (including phenoxy) is 3. The second kappa shape index (κ2) is 7.66. The molecule has 0 aliphatic rings. The van der Waals surface area contributed by atoms with Crippen molar-refractivity contribution >= 4 is 16.0 Å². The van der Waals surface area contributed by atoms with E-state index in [0.717, 1.165) is 11.4 Å². The van der Waals surface area contributed by atoms with Gasteiger partial charge in [-0.25, -0.2) is 14.8 Å². The molecule has 1 aromatic rings. The fraction of sp³-hybridized carbons (Fsp3) is 0.692. The molecule has 0 aromatic carbocycles. The normalized spacial score (nSPS) is 12.4. The summed E-state index contributed by atoms with van der Waals surface area (Å²) in [5.41, 5.74) is 1.08. The molecular weight excluding hydrogens is 280 g/mol. The number of aromatic nitrogens is 2. The molecule has 1 rings (SSSR count). The van der Waals surface area contributed by atoms with Gasteiger partial charge in [-0.1, -0.05) is 0 Å². The minimum absolute atomic E-state index is 0.244. The van der Waals surface area contributed by atoms with Crippen molar-refractivity contribution in [2.45, 2.75) is 6.61 Å². The Bertz CT molecular complexity index is 440. The number of aryl methyl sites for hydroxylation is 1. The van der Waals surface area contributed by atoms with Crippen LogP contribution in [0.3, 0.4) is 0 Å². The van der Waals surface area contributed by atoms with Gasteiger partial charge in [0.1, 0.15) is 6.79 Å². The van der Waals surface area contributed by atoms with E-state index in [0.29, 0.717) is 13.2 Å². The molecule has 0 atom stereocenters. The maximum Gasteiger partial charge on any atom is 0.358 e. The van der Waals surface area contributed by atoms with E-state index in [4.69, 9.17) is 9.47 Å². The third-order valence-electron chi connectivity index (χ3n) is 2.63. The Morgan fingerprint density at radius 2 is 2.05 bits per heavy atom. The fourth-order valence-corrected chi connectivity index (χ4v) is 2.04. The molecular formula is C13H24N2O4S. The molecule has 0 bridgehead atoms. The summed E-state index contributed by atoms with van der Waals surface area (Å²) in [7, 11) is 2.57. The highest BCUT2D eigenvalue weighted by molar-refractivity contribution is 8.32. The van der Waals surface area contributed by atoms with E-state index in [1.165, 1.54) is 7.11 Å². The lowest BCUT2D eigenvalue weighted by atomic mass is 10.3. The molecule has 0 fully saturated rings. The van der Waals surface area contributed by atoms with Gasteiger partial charge in [0.2, 0.25) is 0 Å². The van der Waals surface area contributed by atoms with Gasteiger partial charge in [0.05, 0.1) is 26.0 Å². The van der Waals surface area contributed by atoms with E-state index in [9.17, 15) is 4.79 Å². The standard InChI is InChI=1S/C13H24N2O4S/c1-15-11(8-12(14-15)13(16)17-2)9-19-10-18-6-7-20(3,4)5/h8H,6-7,9-10H2,1-5H3. The molecule has 0 saturated heterocycles. The van der Waals surface area contributed by atoms with Crippen LogP contribution < -0.4 is 0 Å². The molecule has 0 radical (unpaired) electrons. The first-order valence-electron chi connectivity index (χ1n) is 6.26. The van der Waals surface area contributed by atoms with Crippen molar-refractivity contribution in [1.29, 1.82) is 0 Å². The number of rotatable bonds is 8. The molecule has 0 aliphatic heterocycles. The summed E-state index contributed by atoms with van der Waals surface area (Å²) in [6.07, 6.45) is 6.75. The average molecular weight is 304 g/mol. The van der Waals surface area contributed by atoms with Crippen LogP contribution in [-0.2, 0) is 27.9 Å². The molecule has 0 unspecified atom stereocenters. The molecule has 6 nitrogen and oxygen atoms in total. The van der Waals surface area contributed by atoms with Gasteiger partial charge in [-0.15, -0.1) is 0 Å². The first-order chi connectivity index (χ1) is 9.33. The quantitative estimate of drug-likeness (QED) is 0.412. The molecule has 0 spiro atoms. The maximum atomic E-state index is 11.3. The Morgan fingerprint density at radius 1 is 1.35 bits per heavy atom. The van der Waals surface area contributed by atoms with Crippen molar-refractivity contribution < 1.29 is 19.0 Å². The van der Waals surface area contributed by atoms with Crippen LogP contribution >= 0.6 is 10.0 Å². The van der Waals surface area contributed by atoms with Gasteiger partial charge in [-0.2, -0.15) is 5.10 Å². The van der Waals surface area contributed by atoms with Gasteiger partial charge in [-0.05, 0) is 24.8 Å². The van der Waals surface area contributed by atoms with E-state index < -0.39 is 16.0 Å². The second-order valence-corrected chi connectivity index (χ2v) is 9.90. The topological polar surface area (TPSA) is 62.6 Å². The summed E-state index contributed by atoms with van der Waals surface area (Å²) < 4.78 is 17.1. The summed E-state index contributed by atoms with van der Waals surface area (Å²) in [4.78, 5) is 11.3. The van der Waals surface area contributed by atoms with Gasteiger partial charge in [0.25, 0.3) is 0 Å². The molecule has 1 heterocycles. The average Bonchev–Trinajstić information content (AvgIpc) is 2.73. The maximum absolute atomic E-state index is 11.3. The summed E-state index contributed by atoms with van der Waals surface area (Å²) in [6.45, 7) is 1.30. The van der Waals surface area contributed by atoms with Crippen molar-refractivity contribution in [2.24, 2.45) is 7.05 Å². The number of esters is 1. The molecule has 0 amide bonds. The van der Waals surface area contributed by atoms with E-state index in [2.05, 4.69) is 28.6 Å². The monoisotopic (exact) mass is 304 g/mol. The van der Waals surface area contributed by atoms with E-state index in [1.807, 2.05) is 0 Å². The van der Waals surface area contributed by atoms with Crippen molar-refractivity contribution in [3.63, 3.8) is 0 Å². The number of methoxy groups -OCH3 is 1. The van der Waals surface area contributed by atoms with E-state index >= 15 is 0 Å². The summed E-state index contributed by atoms with van der Waals surface area (Å²) in [6, 6.07) is 1.66. The number of carbonyl (C=O) groups excluding carboxylic acids is 1. The molecule has 20 heavy (non-hydrogen) atoms. The van der Waals surface area contributed by atoms with Gasteiger partial charge < -0.3 is 14.2 Å². The lowest BCUT2D eigenvalue weighted by Crippen LogP contribution is -2.10. The Labute approximate surface area is 121 Å². The zero-order valence-electron chi connectivity index (χ0n) is 12.8. The number of hydrogen-bond acceptors (Lipinski definition) is 5. The SMILES string of the molecule is COC(=O)c1cc(COCOCCS(C)(C)C)n(C)n1. The van der Waals surface area contributed by atoms with E-state index in [1.54, 1.807) is 17.8 Å². The smallest absolute Gasteiger partial charge is 0.358 e. The molecule has 116 valence electrons. The number of hydrogen-bond donors (Lipinski definition) is 0. The van der Waals surface area contributed by atoms with Crippen LogP contribution in [0.15, 0.2) is 6.07 Å². The first kappa shape index (κ1) is 17.0. The highest BCUT2D eigenvalue weighted by Crippen LogP contribution is 2.33. The lowest BCUT2D eigenvalue weighted by molar-refractivity contribution is -0.0579. The highest BCUT2D eigenvalue weighted by atomic mass is 32.3. The van der Waals surface area contributed by atoms with Crippen molar-refractivity contribution in [3.05, 3.63) is 17.5 Å². The first-order valence-corrected chi connectivity index (χ1v) is 9.29. The van der Waals surface area contributed by atoms with Gasteiger partial charge in [0, 0.05) is 12.8 Å². The van der Waals surface area contributed by atoms with Gasteiger partial charge >= 0.3 is 5.97 Å². The fourth-order valence-electron chi connectivity index (χ4n) is 1.42. The molecule has 0 N–H and O–H groups in total. The molecule has 1 aromatic heterocycles. The van der Waals surface area contributed by atoms with Crippen molar-refractivity contribution in [1.82, 2.24) is 9.78 Å². The minimum Gasteiger partial charge on any atom is -0.464 e. The summed E-state index contributed by atoms with van der Waals surface area (Å²) in [5, 5.41) is 4.05. The van der Waals surface area contributed by atoms with Gasteiger partial charge in [-0.3, -0.25) is 4.68 Å².